The van der Waals surface area contributed by atoms with Gasteiger partial charge in [0.2, 0.25) is 27.7 Å². The van der Waals surface area contributed by atoms with Gasteiger partial charge in [0.05, 0.1) is 16.8 Å². The molecule has 54 heavy (non-hydrogen) atoms. The van der Waals surface area contributed by atoms with Crippen molar-refractivity contribution >= 4 is 55.4 Å². The van der Waals surface area contributed by atoms with Crippen LogP contribution < -0.4 is 20.1 Å². The molecule has 3 aliphatic carbocycles. The molecule has 3 unspecified atom stereocenters. The van der Waals surface area contributed by atoms with E-state index < -0.39 is 74.8 Å². The fraction of sp³-hybridized carbons (Fsp3) is 0.486. The summed E-state index contributed by atoms with van der Waals surface area (Å²) in [7, 11) is -3.91. The largest absolute Gasteiger partial charge is 0.471 e. The second-order valence-corrected chi connectivity index (χ2v) is 17.4. The van der Waals surface area contributed by atoms with Gasteiger partial charge < -0.3 is 25.0 Å². The van der Waals surface area contributed by atoms with Gasteiger partial charge in [0.15, 0.2) is 5.82 Å². The summed E-state index contributed by atoms with van der Waals surface area (Å²) >= 11 is 1.39. The molecule has 17 heteroatoms. The fourth-order valence-corrected chi connectivity index (χ4v) is 9.86. The van der Waals surface area contributed by atoms with Gasteiger partial charge in [-0.2, -0.15) is 4.98 Å². The summed E-state index contributed by atoms with van der Waals surface area (Å²) in [6.07, 6.45) is 10.2. The summed E-state index contributed by atoms with van der Waals surface area (Å²) in [5, 5.41) is 6.79. The highest BCUT2D eigenvalue weighted by atomic mass is 32.2. The van der Waals surface area contributed by atoms with Gasteiger partial charge in [-0.3, -0.25) is 24.1 Å². The Kier molecular flexibility index (Phi) is 9.62. The molecule has 3 saturated carbocycles. The molecule has 15 nitrogen and oxygen atoms in total. The maximum atomic E-state index is 14.6. The zero-order chi connectivity index (χ0) is 37.6. The van der Waals surface area contributed by atoms with E-state index in [0.29, 0.717) is 41.0 Å². The Bertz CT molecular complexity index is 2120. The average molecular weight is 776 g/mol. The summed E-state index contributed by atoms with van der Waals surface area (Å²) < 4.78 is 40.6. The first-order chi connectivity index (χ1) is 26.1. The van der Waals surface area contributed by atoms with Crippen molar-refractivity contribution < 1.29 is 37.1 Å². The second-order valence-electron chi connectivity index (χ2n) is 14.6. The molecule has 4 amide bonds. The first-order valence-electron chi connectivity index (χ1n) is 18.3. The van der Waals surface area contributed by atoms with Crippen LogP contribution in [0.2, 0.25) is 0 Å². The van der Waals surface area contributed by atoms with Crippen molar-refractivity contribution in [1.29, 1.82) is 0 Å². The molecule has 8 rings (SSSR count). The van der Waals surface area contributed by atoms with Crippen LogP contribution in [0.25, 0.3) is 21.7 Å². The highest BCUT2D eigenvalue weighted by Crippen LogP contribution is 2.46. The van der Waals surface area contributed by atoms with Gasteiger partial charge in [-0.05, 0) is 81.4 Å². The molecule has 5 aliphatic rings. The number of hydrogen-bond donors (Lipinski definition) is 3. The number of thiophene rings is 1. The molecule has 0 aromatic carbocycles. The molecule has 0 bridgehead atoms. The summed E-state index contributed by atoms with van der Waals surface area (Å²) in [5.74, 6) is -1.92. The molecule has 3 N–H and O–H groups in total. The molecule has 3 aromatic heterocycles. The van der Waals surface area contributed by atoms with Crippen LogP contribution in [-0.2, 0) is 29.1 Å². The molecule has 2 aliphatic heterocycles. The summed E-state index contributed by atoms with van der Waals surface area (Å²) in [6.45, 7) is 3.79. The van der Waals surface area contributed by atoms with Gasteiger partial charge in [0.1, 0.15) is 40.2 Å². The molecule has 4 fully saturated rings. The molecule has 6 atom stereocenters. The summed E-state index contributed by atoms with van der Waals surface area (Å²) in [4.78, 5) is 70.9. The van der Waals surface area contributed by atoms with E-state index in [0.717, 1.165) is 25.7 Å². The van der Waals surface area contributed by atoms with Gasteiger partial charge in [-0.15, -0.1) is 17.9 Å². The zero-order valence-electron chi connectivity index (χ0n) is 29.4. The average Bonchev–Trinajstić information content (AvgIpc) is 3.96. The quantitative estimate of drug-likeness (QED) is 0.241. The predicted molar refractivity (Wildman–Crippen MR) is 197 cm³/mol. The van der Waals surface area contributed by atoms with E-state index in [9.17, 15) is 27.6 Å². The van der Waals surface area contributed by atoms with Crippen molar-refractivity contribution in [3.8, 4) is 17.4 Å². The molecule has 5 heterocycles. The van der Waals surface area contributed by atoms with E-state index in [1.165, 1.54) is 22.3 Å². The van der Waals surface area contributed by atoms with Gasteiger partial charge >= 0.3 is 6.09 Å². The summed E-state index contributed by atoms with van der Waals surface area (Å²) in [5.41, 5.74) is -0.375. The van der Waals surface area contributed by atoms with Crippen LogP contribution >= 0.6 is 11.3 Å². The van der Waals surface area contributed by atoms with Gasteiger partial charge in [0, 0.05) is 18.5 Å². The number of fused-ring (bicyclic) bond motifs is 2. The minimum Gasteiger partial charge on any atom is -0.471 e. The number of hydrogen-bond acceptors (Lipinski definition) is 12. The lowest BCUT2D eigenvalue weighted by molar-refractivity contribution is -0.143. The number of amides is 4. The maximum absolute atomic E-state index is 14.6. The van der Waals surface area contributed by atoms with Crippen molar-refractivity contribution in [3.05, 3.63) is 60.6 Å². The van der Waals surface area contributed by atoms with Crippen LogP contribution in [0, 0.1) is 5.92 Å². The minimum absolute atomic E-state index is 0.0158. The van der Waals surface area contributed by atoms with Crippen molar-refractivity contribution in [3.63, 3.8) is 0 Å². The van der Waals surface area contributed by atoms with Crippen molar-refractivity contribution in [2.75, 3.05) is 0 Å². The Morgan fingerprint density at radius 2 is 1.85 bits per heavy atom. The van der Waals surface area contributed by atoms with Gasteiger partial charge in [-0.1, -0.05) is 24.3 Å². The number of rotatable bonds is 11. The number of sulfonamides is 1. The maximum Gasteiger partial charge on any atom is 0.408 e. The number of aromatic nitrogens is 3. The van der Waals surface area contributed by atoms with E-state index >= 15 is 0 Å². The fourth-order valence-electron chi connectivity index (χ4n) is 7.74. The Hall–Kier alpha value is -4.90. The highest BCUT2D eigenvalue weighted by molar-refractivity contribution is 7.91. The number of carbonyl (C=O) groups is 4. The summed E-state index contributed by atoms with van der Waals surface area (Å²) in [6, 6.07) is 4.37. The van der Waals surface area contributed by atoms with Crippen molar-refractivity contribution in [2.45, 2.75) is 105 Å². The van der Waals surface area contributed by atoms with E-state index in [4.69, 9.17) is 14.5 Å². The van der Waals surface area contributed by atoms with E-state index in [1.54, 1.807) is 18.3 Å². The number of alkyl carbamates (subject to hydrolysis) is 1. The molecule has 3 aromatic rings. The highest BCUT2D eigenvalue weighted by Gasteiger charge is 2.62. The molecule has 0 radical (unpaired) electrons. The third-order valence-corrected chi connectivity index (χ3v) is 13.6. The third kappa shape index (κ3) is 7.06. The molecule has 284 valence electrons. The Balaban J connectivity index is 1.11. The normalized spacial score (nSPS) is 28.7. The van der Waals surface area contributed by atoms with Gasteiger partial charge in [-0.25, -0.2) is 18.2 Å². The van der Waals surface area contributed by atoms with Crippen molar-refractivity contribution in [2.24, 2.45) is 5.92 Å². The third-order valence-electron chi connectivity index (χ3n) is 10.9. The number of nitrogens with zero attached hydrogens (tertiary/aromatic N) is 4. The smallest absolute Gasteiger partial charge is 0.408 e. The van der Waals surface area contributed by atoms with Crippen LogP contribution in [0.3, 0.4) is 0 Å². The topological polar surface area (TPSA) is 199 Å². The van der Waals surface area contributed by atoms with Crippen LogP contribution in [0.5, 0.6) is 5.88 Å². The number of carbonyl (C=O) groups excluding carboxylic acids is 4. The van der Waals surface area contributed by atoms with Crippen LogP contribution in [0.4, 0.5) is 4.79 Å². The van der Waals surface area contributed by atoms with Crippen LogP contribution in [0.15, 0.2) is 60.6 Å². The molecular formula is C37H41N7O8S2. The monoisotopic (exact) mass is 775 g/mol. The Morgan fingerprint density at radius 1 is 1.06 bits per heavy atom. The molecule has 1 saturated heterocycles. The number of nitrogens with one attached hydrogen (secondary N) is 3. The van der Waals surface area contributed by atoms with Gasteiger partial charge in [0.25, 0.3) is 5.91 Å². The lowest BCUT2D eigenvalue weighted by atomic mass is 10.0. The second kappa shape index (κ2) is 14.4. The molecule has 0 spiro atoms. The number of ether oxygens (including phenoxy) is 2. The Labute approximate surface area is 316 Å². The van der Waals surface area contributed by atoms with Crippen molar-refractivity contribution in [1.82, 2.24) is 35.2 Å². The predicted octanol–water partition coefficient (Wildman–Crippen LogP) is 3.53. The number of pyridine rings is 1. The minimum atomic E-state index is -3.91. The van der Waals surface area contributed by atoms with Crippen LogP contribution in [0.1, 0.15) is 64.2 Å². The molecular weight excluding hydrogens is 735 g/mol. The van der Waals surface area contributed by atoms with E-state index in [1.807, 2.05) is 29.7 Å². The Morgan fingerprint density at radius 3 is 2.57 bits per heavy atom. The lowest BCUT2D eigenvalue weighted by Gasteiger charge is -2.35. The standard InChI is InChI=1S/C37H41N7O8S2/c1-2-21-20-37(21,35(47)43-54(49,50)23-14-15-23)42-32(45)28-19-29(52-33-30-24(16-18-53-30)39-31(41-33)25-11-7-8-17-38-25)27-13-6-5-12-26(34(46)44(27)28)40-36(48)51-22-9-3-4-10-22/h2,5-8,11,16-18,21-23,26-29H,1,3-4,9-10,12-15,19-20H2,(H,40,48)(H,42,45)(H,43,47)/b6-5-/t21-,26?,27?,28+,29-,37?/m1/s1. The van der Waals surface area contributed by atoms with Crippen LogP contribution in [-0.4, -0.2) is 93.2 Å². The van der Waals surface area contributed by atoms with E-state index in [-0.39, 0.29) is 31.2 Å². The van der Waals surface area contributed by atoms with E-state index in [2.05, 4.69) is 31.9 Å². The SMILES string of the molecule is C=C[C@@H]1CC1(NC(=O)[C@@H]1C[C@@H](Oc2nc(-c3ccccn3)nc3ccsc23)C2C/C=C\CC(NC(=O)OC3CCCC3)C(=O)N21)C(=O)NS(=O)(=O)C1CC1. The first kappa shape index (κ1) is 36.1. The lowest BCUT2D eigenvalue weighted by Crippen LogP contribution is -2.60. The zero-order valence-corrected chi connectivity index (χ0v) is 31.0. The first-order valence-corrected chi connectivity index (χ1v) is 20.8.